The van der Waals surface area contributed by atoms with Gasteiger partial charge in [-0.15, -0.1) is 0 Å². The average Bonchev–Trinajstić information content (AvgIpc) is 2.62. The summed E-state index contributed by atoms with van der Waals surface area (Å²) in [5.74, 6) is -4.18. The van der Waals surface area contributed by atoms with E-state index in [9.17, 15) is 13.2 Å². The highest BCUT2D eigenvalue weighted by Crippen LogP contribution is 2.17. The minimum atomic E-state index is -1.57. The minimum absolute atomic E-state index is 0.0834. The van der Waals surface area contributed by atoms with Gasteiger partial charge in [0.15, 0.2) is 17.5 Å². The molecule has 0 fully saturated rings. The van der Waals surface area contributed by atoms with E-state index >= 15 is 0 Å². The predicted molar refractivity (Wildman–Crippen MR) is 46.4 cm³/mol. The molecular formula is C7H3F3N4S. The van der Waals surface area contributed by atoms with Crippen LogP contribution in [-0.4, -0.2) is 20.2 Å². The highest BCUT2D eigenvalue weighted by Gasteiger charge is 2.15. The smallest absolute Gasteiger partial charge is 0.206 e. The maximum Gasteiger partial charge on any atom is 0.243 e. The van der Waals surface area contributed by atoms with Crippen LogP contribution < -0.4 is 0 Å². The van der Waals surface area contributed by atoms with Gasteiger partial charge in [-0.1, -0.05) is 10.3 Å². The third-order valence-electron chi connectivity index (χ3n) is 1.73. The second-order valence-corrected chi connectivity index (χ2v) is 2.98. The molecule has 78 valence electrons. The van der Waals surface area contributed by atoms with Crippen LogP contribution in [0.4, 0.5) is 13.2 Å². The molecule has 2 rings (SSSR count). The summed E-state index contributed by atoms with van der Waals surface area (Å²) in [6.45, 7) is 0. The molecule has 0 bridgehead atoms. The summed E-state index contributed by atoms with van der Waals surface area (Å²) in [5.41, 5.74) is -0.274. The number of rotatable bonds is 1. The number of nitrogens with zero attached hydrogens (tertiary/aromatic N) is 3. The van der Waals surface area contributed by atoms with E-state index in [-0.39, 0.29) is 10.5 Å². The van der Waals surface area contributed by atoms with Crippen LogP contribution in [0.25, 0.3) is 5.69 Å². The van der Waals surface area contributed by atoms with Gasteiger partial charge in [0.1, 0.15) is 5.69 Å². The van der Waals surface area contributed by atoms with Gasteiger partial charge in [0.2, 0.25) is 4.77 Å². The first kappa shape index (κ1) is 9.84. The van der Waals surface area contributed by atoms with E-state index in [1.165, 1.54) is 0 Å². The van der Waals surface area contributed by atoms with Crippen molar-refractivity contribution in [3.05, 3.63) is 34.4 Å². The Labute approximate surface area is 86.3 Å². The Morgan fingerprint density at radius 1 is 1.20 bits per heavy atom. The van der Waals surface area contributed by atoms with Crippen molar-refractivity contribution >= 4 is 12.2 Å². The maximum atomic E-state index is 13.2. The van der Waals surface area contributed by atoms with Gasteiger partial charge in [-0.25, -0.2) is 17.9 Å². The number of aromatic nitrogens is 4. The topological polar surface area (TPSA) is 46.5 Å². The van der Waals surface area contributed by atoms with Crippen LogP contribution in [0.1, 0.15) is 0 Å². The van der Waals surface area contributed by atoms with E-state index in [2.05, 4.69) is 27.7 Å². The van der Waals surface area contributed by atoms with E-state index in [4.69, 9.17) is 0 Å². The second kappa shape index (κ2) is 3.46. The van der Waals surface area contributed by atoms with Crippen LogP contribution in [0, 0.1) is 22.2 Å². The largest absolute Gasteiger partial charge is 0.243 e. The second-order valence-electron chi connectivity index (χ2n) is 2.61. The first-order valence-corrected chi connectivity index (χ1v) is 4.16. The molecule has 4 nitrogen and oxygen atoms in total. The molecule has 2 aromatic rings. The molecule has 0 saturated heterocycles. The summed E-state index contributed by atoms with van der Waals surface area (Å²) >= 11 is 4.68. The maximum absolute atomic E-state index is 13.2. The molecule has 0 unspecified atom stereocenters. The van der Waals surface area contributed by atoms with E-state index in [0.29, 0.717) is 0 Å². The molecule has 1 heterocycles. The summed E-state index contributed by atoms with van der Waals surface area (Å²) in [6, 6.07) is 1.82. The summed E-state index contributed by atoms with van der Waals surface area (Å²) in [4.78, 5) is 0. The number of H-pyrrole nitrogens is 1. The third-order valence-corrected chi connectivity index (χ3v) is 1.99. The highest BCUT2D eigenvalue weighted by atomic mass is 32.1. The number of tetrazole rings is 1. The van der Waals surface area contributed by atoms with Gasteiger partial charge in [0.05, 0.1) is 0 Å². The van der Waals surface area contributed by atoms with E-state index < -0.39 is 17.5 Å². The average molecular weight is 232 g/mol. The van der Waals surface area contributed by atoms with Crippen LogP contribution >= 0.6 is 12.2 Å². The molecule has 0 aliphatic heterocycles. The van der Waals surface area contributed by atoms with Crippen molar-refractivity contribution in [1.29, 1.82) is 0 Å². The Morgan fingerprint density at radius 3 is 2.53 bits per heavy atom. The molecule has 1 aromatic heterocycles. The monoisotopic (exact) mass is 232 g/mol. The fourth-order valence-corrected chi connectivity index (χ4v) is 1.22. The van der Waals surface area contributed by atoms with Crippen LogP contribution in [-0.2, 0) is 0 Å². The molecule has 1 N–H and O–H groups in total. The first-order chi connectivity index (χ1) is 7.11. The Hall–Kier alpha value is -1.70. The van der Waals surface area contributed by atoms with Crippen molar-refractivity contribution in [2.24, 2.45) is 0 Å². The number of hydrogen-bond donors (Lipinski definition) is 1. The first-order valence-electron chi connectivity index (χ1n) is 3.75. The summed E-state index contributed by atoms with van der Waals surface area (Å²) in [7, 11) is 0. The highest BCUT2D eigenvalue weighted by molar-refractivity contribution is 7.71. The zero-order valence-electron chi connectivity index (χ0n) is 7.04. The number of aromatic amines is 1. The third kappa shape index (κ3) is 1.52. The van der Waals surface area contributed by atoms with E-state index in [1.807, 2.05) is 0 Å². The standard InChI is InChI=1S/C7H3F3N4S/c8-3-1-2-4(6(10)5(3)9)14-7(15)11-12-13-14/h1-2H,(H,11,13,15). The number of hydrogen-bond acceptors (Lipinski definition) is 3. The van der Waals surface area contributed by atoms with Crippen molar-refractivity contribution in [1.82, 2.24) is 20.2 Å². The van der Waals surface area contributed by atoms with Gasteiger partial charge in [0, 0.05) is 0 Å². The normalized spacial score (nSPS) is 10.6. The SMILES string of the molecule is Fc1ccc(-n2[nH]nnc2=S)c(F)c1F. The van der Waals surface area contributed by atoms with Crippen molar-refractivity contribution in [3.63, 3.8) is 0 Å². The van der Waals surface area contributed by atoms with Crippen molar-refractivity contribution in [2.45, 2.75) is 0 Å². The molecule has 1 aromatic carbocycles. The van der Waals surface area contributed by atoms with E-state index in [0.717, 1.165) is 16.8 Å². The lowest BCUT2D eigenvalue weighted by Gasteiger charge is -2.03. The number of halogens is 3. The number of benzene rings is 1. The molecule has 15 heavy (non-hydrogen) atoms. The van der Waals surface area contributed by atoms with Crippen LogP contribution in [0.3, 0.4) is 0 Å². The zero-order valence-corrected chi connectivity index (χ0v) is 7.85. The van der Waals surface area contributed by atoms with Crippen molar-refractivity contribution < 1.29 is 13.2 Å². The molecule has 0 spiro atoms. The van der Waals surface area contributed by atoms with Gasteiger partial charge in [-0.2, -0.15) is 5.21 Å². The minimum Gasteiger partial charge on any atom is -0.206 e. The molecule has 0 amide bonds. The molecule has 0 radical (unpaired) electrons. The van der Waals surface area contributed by atoms with Gasteiger partial charge in [-0.05, 0) is 24.4 Å². The molecule has 8 heteroatoms. The summed E-state index contributed by atoms with van der Waals surface area (Å²) < 4.78 is 39.6. The molecule has 0 aliphatic carbocycles. The van der Waals surface area contributed by atoms with Gasteiger partial charge >= 0.3 is 0 Å². The fourth-order valence-electron chi connectivity index (χ4n) is 1.04. The van der Waals surface area contributed by atoms with E-state index in [1.54, 1.807) is 0 Å². The van der Waals surface area contributed by atoms with Crippen LogP contribution in [0.5, 0.6) is 0 Å². The van der Waals surface area contributed by atoms with Gasteiger partial charge in [-0.3, -0.25) is 0 Å². The molecule has 0 atom stereocenters. The molecular weight excluding hydrogens is 229 g/mol. The Kier molecular flexibility index (Phi) is 2.27. The van der Waals surface area contributed by atoms with Crippen LogP contribution in [0.15, 0.2) is 12.1 Å². The van der Waals surface area contributed by atoms with Gasteiger partial charge < -0.3 is 0 Å². The van der Waals surface area contributed by atoms with Crippen LogP contribution in [0.2, 0.25) is 0 Å². The predicted octanol–water partition coefficient (Wildman–Crippen LogP) is 1.74. The lowest BCUT2D eigenvalue weighted by molar-refractivity contribution is 0.442. The molecule has 0 saturated carbocycles. The quantitative estimate of drug-likeness (QED) is 0.601. The summed E-state index contributed by atoms with van der Waals surface area (Å²) in [5, 5.41) is 8.90. The summed E-state index contributed by atoms with van der Waals surface area (Å²) in [6.07, 6.45) is 0. The molecule has 0 aliphatic rings. The van der Waals surface area contributed by atoms with Crippen molar-refractivity contribution in [2.75, 3.05) is 0 Å². The van der Waals surface area contributed by atoms with Crippen molar-refractivity contribution in [3.8, 4) is 5.69 Å². The lowest BCUT2D eigenvalue weighted by Crippen LogP contribution is -2.03. The Bertz CT molecular complexity index is 562. The Balaban J connectivity index is 2.70. The van der Waals surface area contributed by atoms with Gasteiger partial charge in [0.25, 0.3) is 0 Å². The lowest BCUT2D eigenvalue weighted by atomic mass is 10.3. The zero-order chi connectivity index (χ0) is 11.0. The fraction of sp³-hybridized carbons (Fsp3) is 0. The number of nitrogens with one attached hydrogen (secondary N) is 1. The Morgan fingerprint density at radius 2 is 1.93 bits per heavy atom.